The van der Waals surface area contributed by atoms with E-state index in [9.17, 15) is 8.78 Å². The van der Waals surface area contributed by atoms with E-state index in [1.54, 1.807) is 43.0 Å². The molecule has 0 atom stereocenters. The van der Waals surface area contributed by atoms with Crippen LogP contribution in [0.3, 0.4) is 0 Å². The molecule has 6 aliphatic rings. The zero-order valence-electron chi connectivity index (χ0n) is 43.7. The first kappa shape index (κ1) is 51.0. The average molecular weight is 1060 g/mol. The van der Waals surface area contributed by atoms with E-state index in [1.807, 2.05) is 37.3 Å². The number of hydrogen-bond donors (Lipinski definition) is 1. The number of hydrogen-bond acceptors (Lipinski definition) is 12. The average Bonchev–Trinajstić information content (AvgIpc) is 4.02. The molecule has 0 unspecified atom stereocenters. The summed E-state index contributed by atoms with van der Waals surface area (Å²) in [5.74, 6) is -0.599. The predicted octanol–water partition coefficient (Wildman–Crippen LogP) is 12.2. The number of nitrogens with one attached hydrogen (secondary N) is 1. The van der Waals surface area contributed by atoms with Gasteiger partial charge in [0.15, 0.2) is 0 Å². The van der Waals surface area contributed by atoms with Crippen molar-refractivity contribution in [2.24, 2.45) is 0 Å². The maximum Gasteiger partial charge on any atom is 0.125 e. The van der Waals surface area contributed by atoms with Crippen LogP contribution in [0.25, 0.3) is 44.3 Å². The number of ether oxygens (including phenoxy) is 4. The van der Waals surface area contributed by atoms with Crippen LogP contribution >= 0.6 is 11.6 Å². The Morgan fingerprint density at radius 2 is 1.03 bits per heavy atom. The molecule has 8 aromatic rings. The number of fused-ring (bicyclic) bond motifs is 6. The molecular weight excluding hydrogens is 994 g/mol. The minimum Gasteiger partial charge on any atom is -0.384 e. The Balaban J connectivity index is 0.000000128. The first-order valence-corrected chi connectivity index (χ1v) is 27.3. The number of nitrogens with zero attached hydrogens (tertiary/aromatic N) is 7. The third kappa shape index (κ3) is 10.1. The van der Waals surface area contributed by atoms with Crippen LogP contribution in [0.5, 0.6) is 0 Å². The topological polar surface area (TPSA) is 110 Å². The molecule has 4 aromatic heterocycles. The first-order chi connectivity index (χ1) is 37.7. The maximum absolute atomic E-state index is 14.5. The number of benzene rings is 4. The Morgan fingerprint density at radius 1 is 0.532 bits per heavy atom. The van der Waals surface area contributed by atoms with Gasteiger partial charge in [-0.05, 0) is 135 Å². The highest BCUT2D eigenvalue weighted by Crippen LogP contribution is 2.53. The summed E-state index contributed by atoms with van der Waals surface area (Å²) in [6, 6.07) is 31.0. The molecule has 0 radical (unpaired) electrons. The largest absolute Gasteiger partial charge is 0.384 e. The quantitative estimate of drug-likeness (QED) is 0.177. The van der Waals surface area contributed by atoms with Crippen LogP contribution in [-0.4, -0.2) is 112 Å². The first-order valence-electron chi connectivity index (χ1n) is 26.9. The fraction of sp³-hybridized carbons (Fsp3) is 0.355. The SMILES string of the molecule is Cc1c(-c2ccncc2)nc2cc(F)ccc2c1Cl.Cc1c(-c2ccncc2)nc2cc(F)ccc2c1N1CC2(CCOCC2)c2ccc(N3CCOCC3)cc21.c1cc2c(cc1N1CCOCC1)NCC21CCOCC1. The molecule has 10 heterocycles. The highest BCUT2D eigenvalue weighted by atomic mass is 35.5. The van der Waals surface area contributed by atoms with Gasteiger partial charge in [-0.3, -0.25) is 9.97 Å². The number of morpholine rings is 2. The Morgan fingerprint density at radius 3 is 1.61 bits per heavy atom. The van der Waals surface area contributed by atoms with Crippen molar-refractivity contribution in [3.8, 4) is 22.5 Å². The van der Waals surface area contributed by atoms with Crippen molar-refractivity contribution in [3.05, 3.63) is 161 Å². The van der Waals surface area contributed by atoms with E-state index in [4.69, 9.17) is 35.5 Å². The highest BCUT2D eigenvalue weighted by molar-refractivity contribution is 6.36. The van der Waals surface area contributed by atoms with E-state index in [1.165, 1.54) is 46.0 Å². The predicted molar refractivity (Wildman–Crippen MR) is 302 cm³/mol. The van der Waals surface area contributed by atoms with Crippen molar-refractivity contribution in [2.45, 2.75) is 50.4 Å². The summed E-state index contributed by atoms with van der Waals surface area (Å²) in [4.78, 5) is 24.9. The number of anilines is 5. The van der Waals surface area contributed by atoms with Crippen molar-refractivity contribution < 1.29 is 27.7 Å². The van der Waals surface area contributed by atoms with E-state index < -0.39 is 0 Å². The van der Waals surface area contributed by atoms with Crippen LogP contribution in [0.2, 0.25) is 5.02 Å². The van der Waals surface area contributed by atoms with Crippen molar-refractivity contribution in [2.75, 3.05) is 112 Å². The molecule has 2 spiro atoms. The van der Waals surface area contributed by atoms with E-state index in [-0.39, 0.29) is 17.0 Å². The number of halogens is 3. The second-order valence-corrected chi connectivity index (χ2v) is 21.4. The minimum absolute atomic E-state index is 0.0238. The lowest BCUT2D eigenvalue weighted by Gasteiger charge is -2.35. The van der Waals surface area contributed by atoms with Crippen molar-refractivity contribution in [1.29, 1.82) is 0 Å². The molecule has 0 saturated carbocycles. The lowest BCUT2D eigenvalue weighted by atomic mass is 9.76. The summed E-state index contributed by atoms with van der Waals surface area (Å²) in [5.41, 5.74) is 16.1. The molecular formula is C62H63ClF2N8O4. The number of aromatic nitrogens is 4. The summed E-state index contributed by atoms with van der Waals surface area (Å²) < 4.78 is 50.2. The van der Waals surface area contributed by atoms with Gasteiger partial charge in [0.25, 0.3) is 0 Å². The molecule has 0 bridgehead atoms. The molecule has 12 nitrogen and oxygen atoms in total. The third-order valence-electron chi connectivity index (χ3n) is 16.6. The summed E-state index contributed by atoms with van der Waals surface area (Å²) in [6.07, 6.45) is 11.2. The molecule has 4 fully saturated rings. The fourth-order valence-electron chi connectivity index (χ4n) is 12.3. The van der Waals surface area contributed by atoms with Gasteiger partial charge in [0, 0.05) is 158 Å². The molecule has 0 amide bonds. The third-order valence-corrected chi connectivity index (χ3v) is 17.1. The molecule has 396 valence electrons. The van der Waals surface area contributed by atoms with Gasteiger partial charge in [0.05, 0.1) is 59.6 Å². The summed E-state index contributed by atoms with van der Waals surface area (Å²) in [5, 5.41) is 5.96. The Bertz CT molecular complexity index is 3420. The molecule has 4 aromatic carbocycles. The van der Waals surface area contributed by atoms with Gasteiger partial charge in [-0.15, -0.1) is 0 Å². The van der Waals surface area contributed by atoms with Gasteiger partial charge in [-0.2, -0.15) is 0 Å². The lowest BCUT2D eigenvalue weighted by molar-refractivity contribution is 0.0558. The Labute approximate surface area is 453 Å². The summed E-state index contributed by atoms with van der Waals surface area (Å²) >= 11 is 6.36. The molecule has 1 N–H and O–H groups in total. The second kappa shape index (κ2) is 21.9. The van der Waals surface area contributed by atoms with E-state index in [0.29, 0.717) is 21.5 Å². The summed E-state index contributed by atoms with van der Waals surface area (Å²) in [7, 11) is 0. The van der Waals surface area contributed by atoms with E-state index in [2.05, 4.69) is 78.3 Å². The molecule has 4 saturated heterocycles. The van der Waals surface area contributed by atoms with Crippen LogP contribution in [0.4, 0.5) is 37.2 Å². The Hall–Kier alpha value is -6.81. The van der Waals surface area contributed by atoms with Gasteiger partial charge in [0.1, 0.15) is 11.6 Å². The number of rotatable bonds is 5. The van der Waals surface area contributed by atoms with Crippen molar-refractivity contribution in [3.63, 3.8) is 0 Å². The molecule has 0 aliphatic carbocycles. The molecule has 6 aliphatic heterocycles. The van der Waals surface area contributed by atoms with E-state index >= 15 is 0 Å². The fourth-order valence-corrected chi connectivity index (χ4v) is 12.6. The Kier molecular flexibility index (Phi) is 14.5. The smallest absolute Gasteiger partial charge is 0.125 e. The highest BCUT2D eigenvalue weighted by Gasteiger charge is 2.45. The van der Waals surface area contributed by atoms with Crippen molar-refractivity contribution in [1.82, 2.24) is 19.9 Å². The maximum atomic E-state index is 14.5. The zero-order valence-corrected chi connectivity index (χ0v) is 44.4. The van der Waals surface area contributed by atoms with E-state index in [0.717, 1.165) is 168 Å². The van der Waals surface area contributed by atoms with Gasteiger partial charge >= 0.3 is 0 Å². The van der Waals surface area contributed by atoms with Gasteiger partial charge < -0.3 is 39.0 Å². The van der Waals surface area contributed by atoms with Crippen LogP contribution < -0.4 is 20.0 Å². The van der Waals surface area contributed by atoms with Gasteiger partial charge in [-0.25, -0.2) is 18.7 Å². The van der Waals surface area contributed by atoms with Crippen LogP contribution in [0, 0.1) is 25.5 Å². The lowest BCUT2D eigenvalue weighted by Crippen LogP contribution is -2.37. The van der Waals surface area contributed by atoms with Crippen LogP contribution in [-0.2, 0) is 29.8 Å². The second-order valence-electron chi connectivity index (χ2n) is 21.0. The summed E-state index contributed by atoms with van der Waals surface area (Å²) in [6.45, 7) is 16.3. The van der Waals surface area contributed by atoms with Gasteiger partial charge in [0.2, 0.25) is 0 Å². The monoisotopic (exact) mass is 1060 g/mol. The molecule has 14 rings (SSSR count). The van der Waals surface area contributed by atoms with Crippen molar-refractivity contribution >= 4 is 61.8 Å². The minimum atomic E-state index is -0.319. The van der Waals surface area contributed by atoms with Crippen LogP contribution in [0.15, 0.2) is 122 Å². The normalized spacial score (nSPS) is 18.3. The molecule has 77 heavy (non-hydrogen) atoms. The van der Waals surface area contributed by atoms with Crippen LogP contribution in [0.1, 0.15) is 47.9 Å². The number of pyridine rings is 4. The van der Waals surface area contributed by atoms with Gasteiger partial charge in [-0.1, -0.05) is 23.7 Å². The zero-order chi connectivity index (χ0) is 52.5. The standard InChI is InChI=1S/C31H31FN4O2.C16H22N2O2.C15H10ClFN2/c1-21-29(22-6-10-33-11-7-22)34-27-18-23(32)2-4-25(27)30(21)36-20-31(8-14-37-15-9-31)26-5-3-24(19-28(26)36)35-12-16-38-17-13-35;1-2-14-15(11-13(1)18-5-9-20-10-6-18)17-12-16(14)3-7-19-8-4-16;1-9-14(16)12-3-2-11(17)8-13(12)19-15(9)10-4-6-18-7-5-10/h2-7,10-11,18-19H,8-9,12-17,20H2,1H3;1-2,11,17H,3-10,12H2;2-8H,1H3. The molecule has 15 heteroatoms.